The highest BCUT2D eigenvalue weighted by Gasteiger charge is 2.31. The Morgan fingerprint density at radius 1 is 1.19 bits per heavy atom. The highest BCUT2D eigenvalue weighted by atomic mass is 19.1. The molecule has 0 radical (unpaired) electrons. The van der Waals surface area contributed by atoms with E-state index in [1.54, 1.807) is 24.3 Å². The molecular formula is C22H25FN2O2. The summed E-state index contributed by atoms with van der Waals surface area (Å²) in [5.74, 6) is -0.598. The van der Waals surface area contributed by atoms with Crippen LogP contribution in [0.3, 0.4) is 0 Å². The highest BCUT2D eigenvalue weighted by Crippen LogP contribution is 2.30. The van der Waals surface area contributed by atoms with Crippen molar-refractivity contribution >= 4 is 5.91 Å². The van der Waals surface area contributed by atoms with Crippen LogP contribution >= 0.6 is 0 Å². The van der Waals surface area contributed by atoms with E-state index in [0.29, 0.717) is 17.7 Å². The van der Waals surface area contributed by atoms with E-state index in [2.05, 4.69) is 25.3 Å². The van der Waals surface area contributed by atoms with Crippen molar-refractivity contribution in [3.05, 3.63) is 66.5 Å². The average Bonchev–Trinajstić information content (AvgIpc) is 2.64. The van der Waals surface area contributed by atoms with E-state index in [0.717, 1.165) is 24.7 Å². The van der Waals surface area contributed by atoms with Crippen molar-refractivity contribution in [2.45, 2.75) is 25.9 Å². The summed E-state index contributed by atoms with van der Waals surface area (Å²) < 4.78 is 13.2. The standard InChI is InChI=1S/C22H25FN2O2/c1-4-11-24-13-16(3)25(14-15(24)2)22(27)18-7-5-17(6-8-18)20-10-9-19(23)12-21(20)26/h4-10,12,15-16,26H,1,11,13-14H2,2-3H3/t15-,16-/m1/s1. The lowest BCUT2D eigenvalue weighted by Crippen LogP contribution is -2.57. The Morgan fingerprint density at radius 2 is 1.89 bits per heavy atom. The molecule has 5 heteroatoms. The maximum Gasteiger partial charge on any atom is 0.254 e. The third-order valence-electron chi connectivity index (χ3n) is 5.14. The molecule has 1 aliphatic rings. The van der Waals surface area contributed by atoms with Gasteiger partial charge in [0.15, 0.2) is 0 Å². The molecule has 1 heterocycles. The Morgan fingerprint density at radius 3 is 2.52 bits per heavy atom. The number of hydrogen-bond donors (Lipinski definition) is 1. The number of benzene rings is 2. The predicted octanol–water partition coefficient (Wildman–Crippen LogP) is 3.92. The molecule has 4 nitrogen and oxygen atoms in total. The lowest BCUT2D eigenvalue weighted by molar-refractivity contribution is 0.0355. The third-order valence-corrected chi connectivity index (χ3v) is 5.14. The molecule has 1 N–H and O–H groups in total. The molecule has 3 rings (SSSR count). The van der Waals surface area contributed by atoms with Crippen LogP contribution in [0.15, 0.2) is 55.1 Å². The third kappa shape index (κ3) is 4.03. The normalized spacial score (nSPS) is 20.5. The predicted molar refractivity (Wildman–Crippen MR) is 105 cm³/mol. The summed E-state index contributed by atoms with van der Waals surface area (Å²) in [5, 5.41) is 9.93. The molecule has 0 bridgehead atoms. The second-order valence-corrected chi connectivity index (χ2v) is 7.14. The van der Waals surface area contributed by atoms with Crippen LogP contribution in [-0.2, 0) is 0 Å². The molecule has 0 aromatic heterocycles. The molecule has 142 valence electrons. The zero-order chi connectivity index (χ0) is 19.6. The number of amides is 1. The van der Waals surface area contributed by atoms with E-state index < -0.39 is 5.82 Å². The minimum atomic E-state index is -0.484. The van der Waals surface area contributed by atoms with Gasteiger partial charge in [-0.1, -0.05) is 18.2 Å². The van der Waals surface area contributed by atoms with Gasteiger partial charge < -0.3 is 10.0 Å². The van der Waals surface area contributed by atoms with Gasteiger partial charge in [0.25, 0.3) is 5.91 Å². The number of nitrogens with zero attached hydrogens (tertiary/aromatic N) is 2. The van der Waals surface area contributed by atoms with Gasteiger partial charge in [-0.05, 0) is 43.7 Å². The van der Waals surface area contributed by atoms with Crippen molar-refractivity contribution in [3.8, 4) is 16.9 Å². The first-order chi connectivity index (χ1) is 12.9. The summed E-state index contributed by atoms with van der Waals surface area (Å²) in [6.45, 7) is 10.3. The van der Waals surface area contributed by atoms with Gasteiger partial charge in [0.05, 0.1) is 0 Å². The quantitative estimate of drug-likeness (QED) is 0.832. The summed E-state index contributed by atoms with van der Waals surface area (Å²) in [6, 6.07) is 11.4. The van der Waals surface area contributed by atoms with Crippen LogP contribution in [0.2, 0.25) is 0 Å². The van der Waals surface area contributed by atoms with Crippen LogP contribution in [-0.4, -0.2) is 52.5 Å². The monoisotopic (exact) mass is 368 g/mol. The topological polar surface area (TPSA) is 43.8 Å². The van der Waals surface area contributed by atoms with Crippen molar-refractivity contribution in [3.63, 3.8) is 0 Å². The molecule has 1 aliphatic heterocycles. The Bertz CT molecular complexity index is 835. The summed E-state index contributed by atoms with van der Waals surface area (Å²) in [6.07, 6.45) is 1.89. The van der Waals surface area contributed by atoms with E-state index in [4.69, 9.17) is 0 Å². The second kappa shape index (κ2) is 7.92. The number of carbonyl (C=O) groups excluding carboxylic acids is 1. The van der Waals surface area contributed by atoms with E-state index in [1.807, 2.05) is 11.0 Å². The maximum absolute atomic E-state index is 13.2. The molecule has 0 unspecified atom stereocenters. The summed E-state index contributed by atoms with van der Waals surface area (Å²) in [7, 11) is 0. The number of aromatic hydroxyl groups is 1. The average molecular weight is 368 g/mol. The SMILES string of the molecule is C=CCN1C[C@@H](C)N(C(=O)c2ccc(-c3ccc(F)cc3O)cc2)C[C@H]1C. The van der Waals surface area contributed by atoms with Crippen molar-refractivity contribution in [1.82, 2.24) is 9.80 Å². The maximum atomic E-state index is 13.2. The summed E-state index contributed by atoms with van der Waals surface area (Å²) >= 11 is 0. The van der Waals surface area contributed by atoms with E-state index in [-0.39, 0.29) is 23.7 Å². The molecule has 1 saturated heterocycles. The van der Waals surface area contributed by atoms with Crippen molar-refractivity contribution in [2.75, 3.05) is 19.6 Å². The molecule has 0 spiro atoms. The van der Waals surface area contributed by atoms with Gasteiger partial charge in [0.1, 0.15) is 11.6 Å². The minimum absolute atomic E-state index is 0.00230. The van der Waals surface area contributed by atoms with Gasteiger partial charge in [0.2, 0.25) is 0 Å². The van der Waals surface area contributed by atoms with Gasteiger partial charge in [-0.25, -0.2) is 4.39 Å². The molecule has 1 fully saturated rings. The number of piperazine rings is 1. The van der Waals surface area contributed by atoms with E-state index in [9.17, 15) is 14.3 Å². The molecule has 2 aromatic rings. The van der Waals surface area contributed by atoms with Gasteiger partial charge in [0, 0.05) is 48.9 Å². The number of phenolic OH excluding ortho intramolecular Hbond substituents is 1. The smallest absolute Gasteiger partial charge is 0.254 e. The molecule has 27 heavy (non-hydrogen) atoms. The van der Waals surface area contributed by atoms with Crippen LogP contribution in [0, 0.1) is 5.82 Å². The fourth-order valence-corrected chi connectivity index (χ4v) is 3.61. The molecule has 0 aliphatic carbocycles. The first-order valence-corrected chi connectivity index (χ1v) is 9.15. The van der Waals surface area contributed by atoms with Gasteiger partial charge >= 0.3 is 0 Å². The Labute approximate surface area is 159 Å². The molecule has 0 saturated carbocycles. The number of rotatable bonds is 4. The van der Waals surface area contributed by atoms with E-state index >= 15 is 0 Å². The van der Waals surface area contributed by atoms with Crippen LogP contribution in [0.1, 0.15) is 24.2 Å². The van der Waals surface area contributed by atoms with Crippen LogP contribution in [0.4, 0.5) is 4.39 Å². The second-order valence-electron chi connectivity index (χ2n) is 7.14. The van der Waals surface area contributed by atoms with Crippen molar-refractivity contribution < 1.29 is 14.3 Å². The number of carbonyl (C=O) groups is 1. The Balaban J connectivity index is 1.77. The zero-order valence-electron chi connectivity index (χ0n) is 15.7. The van der Waals surface area contributed by atoms with Gasteiger partial charge in [-0.3, -0.25) is 9.69 Å². The number of hydrogen-bond acceptors (Lipinski definition) is 3. The van der Waals surface area contributed by atoms with Gasteiger partial charge in [-0.2, -0.15) is 0 Å². The fraction of sp³-hybridized carbons (Fsp3) is 0.318. The summed E-state index contributed by atoms with van der Waals surface area (Å²) in [5.41, 5.74) is 1.88. The van der Waals surface area contributed by atoms with Crippen molar-refractivity contribution in [1.29, 1.82) is 0 Å². The minimum Gasteiger partial charge on any atom is -0.507 e. The Hall–Kier alpha value is -2.66. The fourth-order valence-electron chi connectivity index (χ4n) is 3.61. The molecule has 1 amide bonds. The lowest BCUT2D eigenvalue weighted by Gasteiger charge is -2.43. The Kier molecular flexibility index (Phi) is 5.61. The number of phenols is 1. The lowest BCUT2D eigenvalue weighted by atomic mass is 10.0. The van der Waals surface area contributed by atoms with Crippen LogP contribution < -0.4 is 0 Å². The molecular weight excluding hydrogens is 343 g/mol. The number of halogens is 1. The van der Waals surface area contributed by atoms with Crippen molar-refractivity contribution in [2.24, 2.45) is 0 Å². The summed E-state index contributed by atoms with van der Waals surface area (Å²) in [4.78, 5) is 17.2. The molecule has 2 atom stereocenters. The first kappa shape index (κ1) is 19.1. The van der Waals surface area contributed by atoms with Gasteiger partial charge in [-0.15, -0.1) is 6.58 Å². The molecule has 2 aromatic carbocycles. The largest absolute Gasteiger partial charge is 0.507 e. The zero-order valence-corrected chi connectivity index (χ0v) is 15.7. The van der Waals surface area contributed by atoms with Crippen LogP contribution in [0.5, 0.6) is 5.75 Å². The van der Waals surface area contributed by atoms with Crippen LogP contribution in [0.25, 0.3) is 11.1 Å². The van der Waals surface area contributed by atoms with E-state index in [1.165, 1.54) is 12.1 Å². The highest BCUT2D eigenvalue weighted by molar-refractivity contribution is 5.95. The first-order valence-electron chi connectivity index (χ1n) is 9.15.